The predicted octanol–water partition coefficient (Wildman–Crippen LogP) is 1.09. The summed E-state index contributed by atoms with van der Waals surface area (Å²) in [5, 5.41) is 8.65. The van der Waals surface area contributed by atoms with Crippen LogP contribution >= 0.6 is 0 Å². The number of rotatable bonds is 3. The molecule has 1 aromatic carbocycles. The molecule has 0 radical (unpaired) electrons. The molecule has 0 aliphatic carbocycles. The highest BCUT2D eigenvalue weighted by atomic mass is 32.2. The zero-order valence-electron chi connectivity index (χ0n) is 11.4. The van der Waals surface area contributed by atoms with Gasteiger partial charge in [-0.05, 0) is 43.5 Å². The van der Waals surface area contributed by atoms with Gasteiger partial charge < -0.3 is 5.11 Å². The molecule has 0 amide bonds. The van der Waals surface area contributed by atoms with E-state index in [1.807, 2.05) is 6.92 Å². The third-order valence-electron chi connectivity index (χ3n) is 3.18. The Morgan fingerprint density at radius 1 is 1.35 bits per heavy atom. The zero-order valence-corrected chi connectivity index (χ0v) is 12.2. The summed E-state index contributed by atoms with van der Waals surface area (Å²) in [5.74, 6) is 5.36. The number of anilines is 1. The average Bonchev–Trinajstić information content (AvgIpc) is 2.94. The SMILES string of the molecule is Cc1cc(C#CCO)ccc1NS(=O)(=O)N1CCCC1. The van der Waals surface area contributed by atoms with Crippen molar-refractivity contribution in [2.24, 2.45) is 0 Å². The lowest BCUT2D eigenvalue weighted by Gasteiger charge is -2.18. The summed E-state index contributed by atoms with van der Waals surface area (Å²) in [6, 6.07) is 5.23. The van der Waals surface area contributed by atoms with Crippen molar-refractivity contribution in [1.82, 2.24) is 4.31 Å². The molecule has 5 nitrogen and oxygen atoms in total. The topological polar surface area (TPSA) is 69.6 Å². The van der Waals surface area contributed by atoms with Gasteiger partial charge in [0.2, 0.25) is 0 Å². The van der Waals surface area contributed by atoms with Crippen LogP contribution in [0.2, 0.25) is 0 Å². The third-order valence-corrected chi connectivity index (χ3v) is 4.70. The molecule has 2 N–H and O–H groups in total. The average molecular weight is 294 g/mol. The van der Waals surface area contributed by atoms with Gasteiger partial charge in [-0.2, -0.15) is 12.7 Å². The first kappa shape index (κ1) is 14.9. The number of hydrogen-bond acceptors (Lipinski definition) is 3. The van der Waals surface area contributed by atoms with E-state index >= 15 is 0 Å². The van der Waals surface area contributed by atoms with E-state index in [9.17, 15) is 8.42 Å². The Hall–Kier alpha value is -1.55. The smallest absolute Gasteiger partial charge is 0.301 e. The van der Waals surface area contributed by atoms with Crippen LogP contribution in [0.5, 0.6) is 0 Å². The summed E-state index contributed by atoms with van der Waals surface area (Å²) in [5.41, 5.74) is 2.12. The molecule has 1 aliphatic rings. The molecule has 2 rings (SSSR count). The number of nitrogens with one attached hydrogen (secondary N) is 1. The number of benzene rings is 1. The summed E-state index contributed by atoms with van der Waals surface area (Å²) in [4.78, 5) is 0. The fourth-order valence-electron chi connectivity index (χ4n) is 2.13. The molecule has 20 heavy (non-hydrogen) atoms. The van der Waals surface area contributed by atoms with E-state index in [1.165, 1.54) is 4.31 Å². The lowest BCUT2D eigenvalue weighted by atomic mass is 10.1. The largest absolute Gasteiger partial charge is 0.384 e. The molecule has 0 spiro atoms. The van der Waals surface area contributed by atoms with Crippen molar-refractivity contribution < 1.29 is 13.5 Å². The summed E-state index contributed by atoms with van der Waals surface area (Å²) in [6.07, 6.45) is 1.82. The third kappa shape index (κ3) is 3.51. The van der Waals surface area contributed by atoms with E-state index in [2.05, 4.69) is 16.6 Å². The van der Waals surface area contributed by atoms with Crippen LogP contribution in [0.25, 0.3) is 0 Å². The van der Waals surface area contributed by atoms with Crippen LogP contribution in [0.1, 0.15) is 24.0 Å². The molecule has 1 fully saturated rings. The first-order valence-electron chi connectivity index (χ1n) is 6.51. The number of nitrogens with zero attached hydrogens (tertiary/aromatic N) is 1. The van der Waals surface area contributed by atoms with Crippen LogP contribution in [-0.2, 0) is 10.2 Å². The normalized spacial score (nSPS) is 15.7. The molecule has 1 aromatic rings. The van der Waals surface area contributed by atoms with Crippen molar-refractivity contribution >= 4 is 15.9 Å². The van der Waals surface area contributed by atoms with Crippen molar-refractivity contribution in [1.29, 1.82) is 0 Å². The highest BCUT2D eigenvalue weighted by Crippen LogP contribution is 2.20. The van der Waals surface area contributed by atoms with Gasteiger partial charge in [0.1, 0.15) is 6.61 Å². The molecule has 0 saturated carbocycles. The molecular weight excluding hydrogens is 276 g/mol. The highest BCUT2D eigenvalue weighted by Gasteiger charge is 2.25. The van der Waals surface area contributed by atoms with Gasteiger partial charge in [0, 0.05) is 18.7 Å². The molecule has 1 heterocycles. The van der Waals surface area contributed by atoms with Gasteiger partial charge in [0.25, 0.3) is 0 Å². The quantitative estimate of drug-likeness (QED) is 0.820. The minimum Gasteiger partial charge on any atom is -0.384 e. The Bertz CT molecular complexity index is 638. The van der Waals surface area contributed by atoms with Crippen molar-refractivity contribution in [3.05, 3.63) is 29.3 Å². The molecule has 0 aromatic heterocycles. The highest BCUT2D eigenvalue weighted by molar-refractivity contribution is 7.90. The fourth-order valence-corrected chi connectivity index (χ4v) is 3.50. The van der Waals surface area contributed by atoms with E-state index in [0.29, 0.717) is 18.8 Å². The number of aryl methyl sites for hydroxylation is 1. The zero-order chi connectivity index (χ0) is 14.6. The van der Waals surface area contributed by atoms with E-state index in [4.69, 9.17) is 5.11 Å². The standard InChI is InChI=1S/C14H18N2O3S/c1-12-11-13(5-4-10-17)6-7-14(12)15-20(18,19)16-8-2-3-9-16/h6-7,11,15,17H,2-3,8-10H2,1H3. The van der Waals surface area contributed by atoms with Crippen LogP contribution in [0, 0.1) is 18.8 Å². The summed E-state index contributed by atoms with van der Waals surface area (Å²) < 4.78 is 28.4. The van der Waals surface area contributed by atoms with E-state index in [0.717, 1.165) is 24.0 Å². The van der Waals surface area contributed by atoms with Crippen LogP contribution in [0.4, 0.5) is 5.69 Å². The van der Waals surface area contributed by atoms with Crippen LogP contribution in [0.3, 0.4) is 0 Å². The molecule has 0 atom stereocenters. The number of aliphatic hydroxyl groups is 1. The maximum atomic E-state index is 12.2. The molecule has 1 saturated heterocycles. The van der Waals surface area contributed by atoms with E-state index in [-0.39, 0.29) is 6.61 Å². The van der Waals surface area contributed by atoms with Crippen LogP contribution < -0.4 is 4.72 Å². The molecule has 6 heteroatoms. The maximum Gasteiger partial charge on any atom is 0.301 e. The second-order valence-electron chi connectivity index (χ2n) is 4.70. The summed E-state index contributed by atoms with van der Waals surface area (Å²) in [7, 11) is -3.46. The van der Waals surface area contributed by atoms with Gasteiger partial charge in [0.05, 0.1) is 5.69 Å². The summed E-state index contributed by atoms with van der Waals surface area (Å²) >= 11 is 0. The van der Waals surface area contributed by atoms with Crippen molar-refractivity contribution in [3.63, 3.8) is 0 Å². The van der Waals surface area contributed by atoms with Gasteiger partial charge in [-0.15, -0.1) is 0 Å². The van der Waals surface area contributed by atoms with Crippen molar-refractivity contribution in [2.45, 2.75) is 19.8 Å². The Morgan fingerprint density at radius 3 is 2.65 bits per heavy atom. The Balaban J connectivity index is 2.17. The minimum absolute atomic E-state index is 0.192. The molecule has 1 aliphatic heterocycles. The first-order chi connectivity index (χ1) is 9.53. The van der Waals surface area contributed by atoms with Gasteiger partial charge in [0.15, 0.2) is 0 Å². The van der Waals surface area contributed by atoms with Gasteiger partial charge in [-0.1, -0.05) is 11.8 Å². The fraction of sp³-hybridized carbons (Fsp3) is 0.429. The first-order valence-corrected chi connectivity index (χ1v) is 7.95. The van der Waals surface area contributed by atoms with Crippen molar-refractivity contribution in [3.8, 4) is 11.8 Å². The second-order valence-corrected chi connectivity index (χ2v) is 6.37. The number of hydrogen-bond donors (Lipinski definition) is 2. The van der Waals surface area contributed by atoms with Gasteiger partial charge in [-0.25, -0.2) is 0 Å². The molecule has 0 bridgehead atoms. The van der Waals surface area contributed by atoms with E-state index in [1.54, 1.807) is 18.2 Å². The van der Waals surface area contributed by atoms with Crippen molar-refractivity contribution in [2.75, 3.05) is 24.4 Å². The van der Waals surface area contributed by atoms with E-state index < -0.39 is 10.2 Å². The number of aliphatic hydroxyl groups excluding tert-OH is 1. The molecule has 0 unspecified atom stereocenters. The molecule has 108 valence electrons. The molecular formula is C14H18N2O3S. The monoisotopic (exact) mass is 294 g/mol. The minimum atomic E-state index is -3.46. The Kier molecular flexibility index (Phi) is 4.65. The lowest BCUT2D eigenvalue weighted by molar-refractivity contribution is 0.350. The van der Waals surface area contributed by atoms with Crippen LogP contribution in [0.15, 0.2) is 18.2 Å². The second kappa shape index (κ2) is 6.27. The maximum absolute atomic E-state index is 12.2. The Labute approximate surface area is 119 Å². The van der Waals surface area contributed by atoms with Crippen LogP contribution in [-0.4, -0.2) is 37.5 Å². The predicted molar refractivity (Wildman–Crippen MR) is 78.5 cm³/mol. The van der Waals surface area contributed by atoms with Gasteiger partial charge >= 0.3 is 10.2 Å². The summed E-state index contributed by atoms with van der Waals surface area (Å²) in [6.45, 7) is 2.79. The lowest BCUT2D eigenvalue weighted by Crippen LogP contribution is -2.33. The Morgan fingerprint density at radius 2 is 2.05 bits per heavy atom. The van der Waals surface area contributed by atoms with Gasteiger partial charge in [-0.3, -0.25) is 4.72 Å².